The van der Waals surface area contributed by atoms with Crippen LogP contribution in [0.3, 0.4) is 0 Å². The number of nitrogens with one attached hydrogen (secondary N) is 1. The molecule has 0 spiro atoms. The highest BCUT2D eigenvalue weighted by molar-refractivity contribution is 6.30. The van der Waals surface area contributed by atoms with E-state index in [1.165, 1.54) is 5.56 Å². The van der Waals surface area contributed by atoms with E-state index in [0.717, 1.165) is 23.7 Å². The molecule has 0 amide bonds. The molecule has 2 nitrogen and oxygen atoms in total. The number of rotatable bonds is 4. The molecule has 1 N–H and O–H groups in total. The summed E-state index contributed by atoms with van der Waals surface area (Å²) in [7, 11) is 0. The molecule has 82 valence electrons. The van der Waals surface area contributed by atoms with Crippen molar-refractivity contribution in [2.24, 2.45) is 0 Å². The Hall–Kier alpha value is -1.54. The van der Waals surface area contributed by atoms with Crippen LogP contribution in [0.1, 0.15) is 5.56 Å². The molecule has 0 unspecified atom stereocenters. The summed E-state index contributed by atoms with van der Waals surface area (Å²) >= 11 is 5.81. The van der Waals surface area contributed by atoms with Crippen molar-refractivity contribution in [3.63, 3.8) is 0 Å². The van der Waals surface area contributed by atoms with Gasteiger partial charge in [0.15, 0.2) is 0 Å². The molecule has 0 atom stereocenters. The Morgan fingerprint density at radius 2 is 1.94 bits per heavy atom. The van der Waals surface area contributed by atoms with Crippen LogP contribution in [0.2, 0.25) is 5.02 Å². The predicted octanol–water partition coefficient (Wildman–Crippen LogP) is 3.39. The molecule has 2 aromatic rings. The van der Waals surface area contributed by atoms with Gasteiger partial charge < -0.3 is 5.32 Å². The van der Waals surface area contributed by atoms with E-state index < -0.39 is 0 Å². The molecule has 0 bridgehead atoms. The maximum absolute atomic E-state index is 5.81. The second kappa shape index (κ2) is 5.52. The Morgan fingerprint density at radius 3 is 2.62 bits per heavy atom. The molecule has 0 aliphatic rings. The van der Waals surface area contributed by atoms with Crippen LogP contribution >= 0.6 is 11.6 Å². The van der Waals surface area contributed by atoms with Crippen molar-refractivity contribution in [1.29, 1.82) is 0 Å². The summed E-state index contributed by atoms with van der Waals surface area (Å²) in [5.41, 5.74) is 2.33. The molecule has 1 aromatic heterocycles. The van der Waals surface area contributed by atoms with E-state index >= 15 is 0 Å². The number of nitrogens with zero attached hydrogens (tertiary/aromatic N) is 1. The Morgan fingerprint density at radius 1 is 1.12 bits per heavy atom. The number of benzene rings is 1. The second-order valence-electron chi connectivity index (χ2n) is 3.54. The highest BCUT2D eigenvalue weighted by Crippen LogP contribution is 2.13. The fourth-order valence-corrected chi connectivity index (χ4v) is 1.59. The molecular formula is C13H13ClN2. The fraction of sp³-hybridized carbons (Fsp3) is 0.154. The van der Waals surface area contributed by atoms with Crippen molar-refractivity contribution < 1.29 is 0 Å². The number of halogens is 1. The minimum atomic E-state index is 0.762. The van der Waals surface area contributed by atoms with Crippen LogP contribution in [-0.4, -0.2) is 11.5 Å². The van der Waals surface area contributed by atoms with Crippen molar-refractivity contribution in [3.05, 3.63) is 59.4 Å². The molecule has 1 aromatic carbocycles. The zero-order valence-corrected chi connectivity index (χ0v) is 9.61. The summed E-state index contributed by atoms with van der Waals surface area (Å²) in [6.07, 6.45) is 4.65. The van der Waals surface area contributed by atoms with Crippen LogP contribution in [0.5, 0.6) is 0 Å². The third-order valence-electron chi connectivity index (χ3n) is 2.31. The van der Waals surface area contributed by atoms with Gasteiger partial charge in [-0.3, -0.25) is 4.98 Å². The first-order valence-electron chi connectivity index (χ1n) is 5.23. The van der Waals surface area contributed by atoms with Crippen LogP contribution in [0, 0.1) is 0 Å². The lowest BCUT2D eigenvalue weighted by molar-refractivity contribution is 1.01. The number of hydrogen-bond acceptors (Lipinski definition) is 2. The van der Waals surface area contributed by atoms with E-state index in [1.54, 1.807) is 6.20 Å². The van der Waals surface area contributed by atoms with Crippen molar-refractivity contribution in [2.75, 3.05) is 11.9 Å². The van der Waals surface area contributed by atoms with Gasteiger partial charge in [0.2, 0.25) is 0 Å². The number of anilines is 1. The molecule has 1 heterocycles. The molecule has 0 aliphatic heterocycles. The minimum absolute atomic E-state index is 0.762. The van der Waals surface area contributed by atoms with Gasteiger partial charge in [-0.25, -0.2) is 0 Å². The summed E-state index contributed by atoms with van der Waals surface area (Å²) in [5.74, 6) is 0. The third-order valence-corrected chi connectivity index (χ3v) is 2.56. The lowest BCUT2D eigenvalue weighted by Gasteiger charge is -2.05. The van der Waals surface area contributed by atoms with E-state index in [4.69, 9.17) is 11.6 Å². The maximum atomic E-state index is 5.81. The first-order chi connectivity index (χ1) is 7.84. The maximum Gasteiger partial charge on any atom is 0.0407 e. The standard InChI is InChI=1S/C13H13ClN2/c14-12-3-5-13(6-4-12)16-9-7-11-2-1-8-15-10-11/h1-6,8,10,16H,7,9H2. The predicted molar refractivity (Wildman–Crippen MR) is 67.9 cm³/mol. The van der Waals surface area contributed by atoms with Crippen molar-refractivity contribution >= 4 is 17.3 Å². The lowest BCUT2D eigenvalue weighted by atomic mass is 10.2. The average Bonchev–Trinajstić information content (AvgIpc) is 2.33. The van der Waals surface area contributed by atoms with Crippen LogP contribution in [0.25, 0.3) is 0 Å². The molecule has 0 fully saturated rings. The van der Waals surface area contributed by atoms with Gasteiger partial charge in [-0.2, -0.15) is 0 Å². The largest absolute Gasteiger partial charge is 0.385 e. The van der Waals surface area contributed by atoms with Crippen molar-refractivity contribution in [2.45, 2.75) is 6.42 Å². The monoisotopic (exact) mass is 232 g/mol. The summed E-state index contributed by atoms with van der Waals surface area (Å²) < 4.78 is 0. The van der Waals surface area contributed by atoms with Crippen LogP contribution < -0.4 is 5.32 Å². The van der Waals surface area contributed by atoms with Gasteiger partial charge in [-0.1, -0.05) is 17.7 Å². The van der Waals surface area contributed by atoms with Gasteiger partial charge >= 0.3 is 0 Å². The second-order valence-corrected chi connectivity index (χ2v) is 3.98. The molecule has 16 heavy (non-hydrogen) atoms. The van der Waals surface area contributed by atoms with E-state index in [-0.39, 0.29) is 0 Å². The molecule has 0 aliphatic carbocycles. The van der Waals surface area contributed by atoms with Gasteiger partial charge in [0.1, 0.15) is 0 Å². The zero-order valence-electron chi connectivity index (χ0n) is 8.86. The Balaban J connectivity index is 1.82. The average molecular weight is 233 g/mol. The number of hydrogen-bond donors (Lipinski definition) is 1. The first kappa shape index (κ1) is 11.0. The zero-order chi connectivity index (χ0) is 11.2. The molecule has 0 saturated heterocycles. The fourth-order valence-electron chi connectivity index (χ4n) is 1.46. The van der Waals surface area contributed by atoms with Gasteiger partial charge in [-0.15, -0.1) is 0 Å². The Labute approximate surface area is 100 Å². The third kappa shape index (κ3) is 3.24. The van der Waals surface area contributed by atoms with Crippen molar-refractivity contribution in [1.82, 2.24) is 4.98 Å². The van der Waals surface area contributed by atoms with Crippen LogP contribution in [0.4, 0.5) is 5.69 Å². The summed E-state index contributed by atoms with van der Waals surface area (Å²) in [6, 6.07) is 11.8. The number of aromatic nitrogens is 1. The highest BCUT2D eigenvalue weighted by atomic mass is 35.5. The van der Waals surface area contributed by atoms with Gasteiger partial charge in [0.05, 0.1) is 0 Å². The SMILES string of the molecule is Clc1ccc(NCCc2cccnc2)cc1. The lowest BCUT2D eigenvalue weighted by Crippen LogP contribution is -2.04. The molecular weight excluding hydrogens is 220 g/mol. The van der Waals surface area contributed by atoms with Gasteiger partial charge in [0, 0.05) is 29.6 Å². The minimum Gasteiger partial charge on any atom is -0.385 e. The van der Waals surface area contributed by atoms with Gasteiger partial charge in [0.25, 0.3) is 0 Å². The van der Waals surface area contributed by atoms with E-state index in [1.807, 2.05) is 36.5 Å². The van der Waals surface area contributed by atoms with Crippen LogP contribution in [0.15, 0.2) is 48.8 Å². The topological polar surface area (TPSA) is 24.9 Å². The summed E-state index contributed by atoms with van der Waals surface area (Å²) in [6.45, 7) is 0.896. The smallest absolute Gasteiger partial charge is 0.0407 e. The van der Waals surface area contributed by atoms with E-state index in [2.05, 4.69) is 16.4 Å². The molecule has 2 rings (SSSR count). The Bertz CT molecular complexity index is 425. The first-order valence-corrected chi connectivity index (χ1v) is 5.61. The Kier molecular flexibility index (Phi) is 3.78. The molecule has 3 heteroatoms. The quantitative estimate of drug-likeness (QED) is 0.874. The number of pyridine rings is 1. The van der Waals surface area contributed by atoms with Gasteiger partial charge in [-0.05, 0) is 42.3 Å². The van der Waals surface area contributed by atoms with E-state index in [9.17, 15) is 0 Å². The summed E-state index contributed by atoms with van der Waals surface area (Å²) in [5, 5.41) is 4.10. The summed E-state index contributed by atoms with van der Waals surface area (Å²) in [4.78, 5) is 4.08. The normalized spacial score (nSPS) is 10.1. The highest BCUT2D eigenvalue weighted by Gasteiger charge is 1.93. The molecule has 0 radical (unpaired) electrons. The molecule has 0 saturated carbocycles. The van der Waals surface area contributed by atoms with Crippen molar-refractivity contribution in [3.8, 4) is 0 Å². The van der Waals surface area contributed by atoms with E-state index in [0.29, 0.717) is 0 Å². The van der Waals surface area contributed by atoms with Crippen LogP contribution in [-0.2, 0) is 6.42 Å².